The van der Waals surface area contributed by atoms with Gasteiger partial charge in [0.05, 0.1) is 6.10 Å². The molecule has 0 bridgehead atoms. The highest BCUT2D eigenvalue weighted by molar-refractivity contribution is 4.59. The second-order valence-corrected chi connectivity index (χ2v) is 5.83. The van der Waals surface area contributed by atoms with Crippen molar-refractivity contribution in [1.29, 1.82) is 0 Å². The highest BCUT2D eigenvalue weighted by Crippen LogP contribution is 2.22. The van der Waals surface area contributed by atoms with Crippen molar-refractivity contribution in [2.45, 2.75) is 86.2 Å². The molecule has 1 nitrogen and oxygen atoms in total. The van der Waals surface area contributed by atoms with Crippen molar-refractivity contribution < 1.29 is 4.74 Å². The van der Waals surface area contributed by atoms with Crippen LogP contribution in [0.25, 0.3) is 0 Å². The summed E-state index contributed by atoms with van der Waals surface area (Å²) in [4.78, 5) is 0. The number of rotatable bonds is 2. The molecule has 0 amide bonds. The smallest absolute Gasteiger partial charge is 0.0515 e. The van der Waals surface area contributed by atoms with Crippen molar-refractivity contribution in [3.8, 4) is 0 Å². The van der Waals surface area contributed by atoms with Crippen LogP contribution in [0.3, 0.4) is 0 Å². The van der Waals surface area contributed by atoms with E-state index in [0.29, 0.717) is 6.10 Å². The van der Waals surface area contributed by atoms with Crippen LogP contribution in [0.15, 0.2) is 0 Å². The summed E-state index contributed by atoms with van der Waals surface area (Å²) in [5, 5.41) is 0. The standard InChI is InChI=1S/C7H14.C5H12.C4H10O/c1-7-5-3-2-4-6-7;1-4-5(2)3;1-4(2)5-3/h7H,2-6H2,1H3;5H,4H2,1-3H3;4H,1-3H3. The lowest BCUT2D eigenvalue weighted by Gasteiger charge is -2.15. The lowest BCUT2D eigenvalue weighted by atomic mass is 9.91. The van der Waals surface area contributed by atoms with Crippen molar-refractivity contribution in [3.05, 3.63) is 0 Å². The molecule has 1 rings (SSSR count). The molecule has 1 saturated carbocycles. The average molecular weight is 244 g/mol. The molecule has 0 heterocycles. The molecule has 0 unspecified atom stereocenters. The molecule has 0 atom stereocenters. The van der Waals surface area contributed by atoms with E-state index in [2.05, 4.69) is 27.7 Å². The van der Waals surface area contributed by atoms with Gasteiger partial charge in [-0.15, -0.1) is 0 Å². The van der Waals surface area contributed by atoms with Gasteiger partial charge < -0.3 is 4.74 Å². The zero-order valence-electron chi connectivity index (χ0n) is 13.4. The molecule has 0 aromatic heterocycles. The van der Waals surface area contributed by atoms with E-state index in [0.717, 1.165) is 11.8 Å². The van der Waals surface area contributed by atoms with E-state index in [1.807, 2.05) is 13.8 Å². The van der Waals surface area contributed by atoms with Crippen molar-refractivity contribution in [2.24, 2.45) is 11.8 Å². The molecule has 0 spiro atoms. The zero-order valence-corrected chi connectivity index (χ0v) is 13.4. The number of hydrogen-bond acceptors (Lipinski definition) is 1. The molecule has 17 heavy (non-hydrogen) atoms. The van der Waals surface area contributed by atoms with Crippen molar-refractivity contribution in [1.82, 2.24) is 0 Å². The summed E-state index contributed by atoms with van der Waals surface area (Å²) in [7, 11) is 1.70. The first-order chi connectivity index (χ1) is 7.93. The highest BCUT2D eigenvalue weighted by Gasteiger charge is 2.05. The largest absolute Gasteiger partial charge is 0.382 e. The van der Waals surface area contributed by atoms with Crippen LogP contribution >= 0.6 is 0 Å². The van der Waals surface area contributed by atoms with Crippen molar-refractivity contribution in [3.63, 3.8) is 0 Å². The van der Waals surface area contributed by atoms with E-state index >= 15 is 0 Å². The Balaban J connectivity index is 0. The minimum atomic E-state index is 0.384. The Morgan fingerprint density at radius 1 is 1.00 bits per heavy atom. The first kappa shape index (κ1) is 19.3. The predicted molar refractivity (Wildman–Crippen MR) is 79.5 cm³/mol. The molecule has 1 aliphatic rings. The molecule has 106 valence electrons. The highest BCUT2D eigenvalue weighted by atomic mass is 16.5. The summed E-state index contributed by atoms with van der Waals surface area (Å²) in [6, 6.07) is 0. The lowest BCUT2D eigenvalue weighted by Crippen LogP contribution is -1.99. The Hall–Kier alpha value is -0.0400. The molecule has 0 aliphatic heterocycles. The van der Waals surface area contributed by atoms with Crippen LogP contribution in [-0.2, 0) is 4.74 Å². The second kappa shape index (κ2) is 14.0. The van der Waals surface area contributed by atoms with Crippen LogP contribution in [0.4, 0.5) is 0 Å². The van der Waals surface area contributed by atoms with Crippen LogP contribution in [0, 0.1) is 11.8 Å². The number of methoxy groups -OCH3 is 1. The van der Waals surface area contributed by atoms with Gasteiger partial charge in [0.2, 0.25) is 0 Å². The van der Waals surface area contributed by atoms with Crippen LogP contribution < -0.4 is 0 Å². The van der Waals surface area contributed by atoms with Crippen molar-refractivity contribution >= 4 is 0 Å². The first-order valence-corrected chi connectivity index (χ1v) is 7.46. The van der Waals surface area contributed by atoms with Crippen LogP contribution in [0.5, 0.6) is 0 Å². The third kappa shape index (κ3) is 21.7. The lowest BCUT2D eigenvalue weighted by molar-refractivity contribution is 0.134. The van der Waals surface area contributed by atoms with Gasteiger partial charge in [0, 0.05) is 7.11 Å². The number of hydrogen-bond donors (Lipinski definition) is 0. The normalized spacial score (nSPS) is 16.1. The molecule has 0 aromatic carbocycles. The van der Waals surface area contributed by atoms with Gasteiger partial charge in [0.25, 0.3) is 0 Å². The van der Waals surface area contributed by atoms with Crippen LogP contribution in [0.2, 0.25) is 0 Å². The summed E-state index contributed by atoms with van der Waals surface area (Å²) in [5.74, 6) is 1.92. The molecule has 0 N–H and O–H groups in total. The summed E-state index contributed by atoms with van der Waals surface area (Å²) in [6.07, 6.45) is 9.13. The van der Waals surface area contributed by atoms with E-state index in [1.54, 1.807) is 7.11 Å². The Labute approximate surface area is 110 Å². The Kier molecular flexibility index (Phi) is 15.9. The molecule has 1 aliphatic carbocycles. The van der Waals surface area contributed by atoms with Gasteiger partial charge >= 0.3 is 0 Å². The predicted octanol–water partition coefficient (Wildman–Crippen LogP) is 5.68. The Morgan fingerprint density at radius 3 is 1.47 bits per heavy atom. The van der Waals surface area contributed by atoms with Crippen LogP contribution in [-0.4, -0.2) is 13.2 Å². The van der Waals surface area contributed by atoms with E-state index in [1.165, 1.54) is 38.5 Å². The Morgan fingerprint density at radius 2 is 1.35 bits per heavy atom. The van der Waals surface area contributed by atoms with Gasteiger partial charge in [-0.3, -0.25) is 0 Å². The second-order valence-electron chi connectivity index (χ2n) is 5.83. The monoisotopic (exact) mass is 244 g/mol. The van der Waals surface area contributed by atoms with Crippen molar-refractivity contribution in [2.75, 3.05) is 7.11 Å². The molecular weight excluding hydrogens is 208 g/mol. The van der Waals surface area contributed by atoms with Crippen LogP contribution in [0.1, 0.15) is 80.1 Å². The fourth-order valence-electron chi connectivity index (χ4n) is 1.31. The molecule has 0 radical (unpaired) electrons. The molecule has 0 saturated heterocycles. The molecule has 0 aromatic rings. The average Bonchev–Trinajstić information content (AvgIpc) is 2.31. The summed E-state index contributed by atoms with van der Waals surface area (Å²) in [6.45, 7) is 13.0. The van der Waals surface area contributed by atoms with Gasteiger partial charge in [-0.2, -0.15) is 0 Å². The van der Waals surface area contributed by atoms with Gasteiger partial charge in [0.1, 0.15) is 0 Å². The summed E-state index contributed by atoms with van der Waals surface area (Å²) < 4.78 is 4.75. The summed E-state index contributed by atoms with van der Waals surface area (Å²) in [5.41, 5.74) is 0. The fraction of sp³-hybridized carbons (Fsp3) is 1.00. The minimum Gasteiger partial charge on any atom is -0.382 e. The van der Waals surface area contributed by atoms with E-state index in [4.69, 9.17) is 4.74 Å². The third-order valence-corrected chi connectivity index (χ3v) is 3.18. The van der Waals surface area contributed by atoms with Gasteiger partial charge in [-0.05, 0) is 25.7 Å². The first-order valence-electron chi connectivity index (χ1n) is 7.46. The third-order valence-electron chi connectivity index (χ3n) is 3.18. The van der Waals surface area contributed by atoms with Gasteiger partial charge in [0.15, 0.2) is 0 Å². The minimum absolute atomic E-state index is 0.384. The summed E-state index contributed by atoms with van der Waals surface area (Å²) >= 11 is 0. The van der Waals surface area contributed by atoms with E-state index in [9.17, 15) is 0 Å². The fourth-order valence-corrected chi connectivity index (χ4v) is 1.31. The maximum Gasteiger partial charge on any atom is 0.0515 e. The maximum absolute atomic E-state index is 4.75. The quantitative estimate of drug-likeness (QED) is 0.607. The Bertz CT molecular complexity index is 115. The van der Waals surface area contributed by atoms with Gasteiger partial charge in [-0.25, -0.2) is 0 Å². The van der Waals surface area contributed by atoms with E-state index in [-0.39, 0.29) is 0 Å². The maximum atomic E-state index is 4.75. The molecular formula is C16H36O. The van der Waals surface area contributed by atoms with Gasteiger partial charge in [-0.1, -0.05) is 66.2 Å². The number of ether oxygens (including phenoxy) is 1. The molecule has 1 heteroatoms. The SMILES string of the molecule is CC1CCCCC1.CCC(C)C.COC(C)C. The molecule has 1 fully saturated rings. The van der Waals surface area contributed by atoms with E-state index < -0.39 is 0 Å². The zero-order chi connectivity index (χ0) is 13.7. The topological polar surface area (TPSA) is 9.23 Å².